The van der Waals surface area contributed by atoms with Gasteiger partial charge in [-0.1, -0.05) is 27.5 Å². The van der Waals surface area contributed by atoms with E-state index in [1.54, 1.807) is 18.2 Å². The summed E-state index contributed by atoms with van der Waals surface area (Å²) >= 11 is 9.15. The average Bonchev–Trinajstić information content (AvgIpc) is 2.31. The summed E-state index contributed by atoms with van der Waals surface area (Å²) in [6.45, 7) is -0.140. The van der Waals surface area contributed by atoms with Crippen molar-refractivity contribution in [3.63, 3.8) is 0 Å². The van der Waals surface area contributed by atoms with Gasteiger partial charge in [0.1, 0.15) is 6.61 Å². The van der Waals surface area contributed by atoms with E-state index in [-0.39, 0.29) is 6.61 Å². The topological polar surface area (TPSA) is 79.5 Å². The Hall–Kier alpha value is -1.31. The van der Waals surface area contributed by atoms with Crippen molar-refractivity contribution in [1.29, 1.82) is 0 Å². The first-order valence-electron chi connectivity index (χ1n) is 4.82. The molecule has 0 heterocycles. The Bertz CT molecular complexity index is 456. The van der Waals surface area contributed by atoms with Crippen molar-refractivity contribution in [3.8, 4) is 0 Å². The van der Waals surface area contributed by atoms with Gasteiger partial charge in [0.15, 0.2) is 0 Å². The van der Waals surface area contributed by atoms with Crippen LogP contribution < -0.4 is 16.2 Å². The summed E-state index contributed by atoms with van der Waals surface area (Å²) < 4.78 is 5.37. The standard InChI is InChI=1S/C10H11BrClN3O3/c1-18-5-9(16)14-15-10(17)13-8-3-2-6(11)4-7(8)12/h2-4H,5H2,1H3,(H,14,16)(H2,13,15,17). The molecular weight excluding hydrogens is 325 g/mol. The molecule has 0 spiro atoms. The van der Waals surface area contributed by atoms with Crippen molar-refractivity contribution in [3.05, 3.63) is 27.7 Å². The number of hydrogen-bond donors (Lipinski definition) is 3. The molecule has 18 heavy (non-hydrogen) atoms. The van der Waals surface area contributed by atoms with Crippen molar-refractivity contribution in [2.45, 2.75) is 0 Å². The number of carbonyl (C=O) groups excluding carboxylic acids is 2. The number of hydrogen-bond acceptors (Lipinski definition) is 3. The maximum absolute atomic E-state index is 11.4. The number of anilines is 1. The van der Waals surface area contributed by atoms with E-state index in [4.69, 9.17) is 11.6 Å². The van der Waals surface area contributed by atoms with Crippen LogP contribution in [0.25, 0.3) is 0 Å². The number of ether oxygens (including phenoxy) is 1. The van der Waals surface area contributed by atoms with Crippen molar-refractivity contribution < 1.29 is 14.3 Å². The van der Waals surface area contributed by atoms with Crippen LogP contribution in [0.5, 0.6) is 0 Å². The van der Waals surface area contributed by atoms with Gasteiger partial charge in [-0.2, -0.15) is 0 Å². The largest absolute Gasteiger partial charge is 0.375 e. The van der Waals surface area contributed by atoms with Crippen LogP contribution in [0.2, 0.25) is 5.02 Å². The Kier molecular flexibility index (Phi) is 5.90. The van der Waals surface area contributed by atoms with E-state index in [1.807, 2.05) is 0 Å². The Labute approximate surface area is 117 Å². The predicted molar refractivity (Wildman–Crippen MR) is 71.3 cm³/mol. The molecule has 0 aliphatic carbocycles. The number of halogens is 2. The fourth-order valence-electron chi connectivity index (χ4n) is 1.04. The molecule has 0 fully saturated rings. The first-order chi connectivity index (χ1) is 8.52. The molecule has 1 rings (SSSR count). The number of methoxy groups -OCH3 is 1. The minimum atomic E-state index is -0.608. The number of carbonyl (C=O) groups is 2. The zero-order chi connectivity index (χ0) is 13.5. The summed E-state index contributed by atoms with van der Waals surface area (Å²) in [4.78, 5) is 22.4. The molecule has 0 aliphatic rings. The van der Waals surface area contributed by atoms with Crippen LogP contribution in [0.3, 0.4) is 0 Å². The number of urea groups is 1. The first kappa shape index (κ1) is 14.7. The molecule has 1 aromatic carbocycles. The second kappa shape index (κ2) is 7.20. The molecule has 3 amide bonds. The van der Waals surface area contributed by atoms with Crippen LogP contribution in [0.1, 0.15) is 0 Å². The summed E-state index contributed by atoms with van der Waals surface area (Å²) in [6.07, 6.45) is 0. The second-order valence-corrected chi connectivity index (χ2v) is 4.51. The van der Waals surface area contributed by atoms with Crippen LogP contribution in [0.4, 0.5) is 10.5 Å². The highest BCUT2D eigenvalue weighted by molar-refractivity contribution is 9.10. The average molecular weight is 337 g/mol. The zero-order valence-corrected chi connectivity index (χ0v) is 11.8. The number of hydrazine groups is 1. The van der Waals surface area contributed by atoms with Gasteiger partial charge in [0.05, 0.1) is 10.7 Å². The van der Waals surface area contributed by atoms with Crippen LogP contribution in [0.15, 0.2) is 22.7 Å². The third-order valence-electron chi connectivity index (χ3n) is 1.77. The van der Waals surface area contributed by atoms with E-state index in [2.05, 4.69) is 36.8 Å². The highest BCUT2D eigenvalue weighted by atomic mass is 79.9. The van der Waals surface area contributed by atoms with Crippen molar-refractivity contribution >= 4 is 45.2 Å². The van der Waals surface area contributed by atoms with Gasteiger partial charge in [0, 0.05) is 11.6 Å². The number of benzene rings is 1. The molecule has 8 heteroatoms. The zero-order valence-electron chi connectivity index (χ0n) is 9.42. The third kappa shape index (κ3) is 4.91. The van der Waals surface area contributed by atoms with Gasteiger partial charge < -0.3 is 10.1 Å². The molecule has 0 aromatic heterocycles. The molecule has 6 nitrogen and oxygen atoms in total. The molecule has 1 aromatic rings. The second-order valence-electron chi connectivity index (χ2n) is 3.18. The highest BCUT2D eigenvalue weighted by Crippen LogP contribution is 2.25. The summed E-state index contributed by atoms with van der Waals surface area (Å²) in [7, 11) is 1.38. The summed E-state index contributed by atoms with van der Waals surface area (Å²) in [5.74, 6) is -0.463. The van der Waals surface area contributed by atoms with E-state index in [9.17, 15) is 9.59 Å². The Morgan fingerprint density at radius 3 is 2.72 bits per heavy atom. The molecular formula is C10H11BrClN3O3. The van der Waals surface area contributed by atoms with E-state index >= 15 is 0 Å². The minimum Gasteiger partial charge on any atom is -0.375 e. The summed E-state index contributed by atoms with van der Waals surface area (Å²) in [5.41, 5.74) is 4.74. The molecule has 0 bridgehead atoms. The maximum atomic E-state index is 11.4. The minimum absolute atomic E-state index is 0.140. The van der Waals surface area contributed by atoms with Crippen LogP contribution >= 0.6 is 27.5 Å². The molecule has 0 atom stereocenters. The number of rotatable bonds is 3. The Balaban J connectivity index is 2.47. The summed E-state index contributed by atoms with van der Waals surface area (Å²) in [5, 5.41) is 2.85. The van der Waals surface area contributed by atoms with Gasteiger partial charge >= 0.3 is 6.03 Å². The SMILES string of the molecule is COCC(=O)NNC(=O)Nc1ccc(Br)cc1Cl. The van der Waals surface area contributed by atoms with E-state index in [0.717, 1.165) is 4.47 Å². The highest BCUT2D eigenvalue weighted by Gasteiger charge is 2.07. The molecule has 3 N–H and O–H groups in total. The fraction of sp³-hybridized carbons (Fsp3) is 0.200. The van der Waals surface area contributed by atoms with Crippen molar-refractivity contribution in [1.82, 2.24) is 10.9 Å². The third-order valence-corrected chi connectivity index (χ3v) is 2.58. The lowest BCUT2D eigenvalue weighted by Gasteiger charge is -2.09. The normalized spacial score (nSPS) is 9.72. The maximum Gasteiger partial charge on any atom is 0.337 e. The number of amides is 3. The van der Waals surface area contributed by atoms with E-state index < -0.39 is 11.9 Å². The lowest BCUT2D eigenvalue weighted by molar-refractivity contribution is -0.125. The van der Waals surface area contributed by atoms with Gasteiger partial charge in [-0.05, 0) is 18.2 Å². The smallest absolute Gasteiger partial charge is 0.337 e. The Morgan fingerprint density at radius 1 is 1.39 bits per heavy atom. The molecule has 0 unspecified atom stereocenters. The quantitative estimate of drug-likeness (QED) is 0.738. The van der Waals surface area contributed by atoms with Crippen LogP contribution in [0, 0.1) is 0 Å². The molecule has 0 saturated heterocycles. The lowest BCUT2D eigenvalue weighted by atomic mass is 10.3. The van der Waals surface area contributed by atoms with Crippen molar-refractivity contribution in [2.75, 3.05) is 19.0 Å². The number of nitrogens with one attached hydrogen (secondary N) is 3. The van der Waals surface area contributed by atoms with Gasteiger partial charge in [-0.25, -0.2) is 10.2 Å². The van der Waals surface area contributed by atoms with Crippen LogP contribution in [-0.4, -0.2) is 25.7 Å². The fourth-order valence-corrected chi connectivity index (χ4v) is 1.76. The molecule has 0 radical (unpaired) electrons. The van der Waals surface area contributed by atoms with Crippen molar-refractivity contribution in [2.24, 2.45) is 0 Å². The van der Waals surface area contributed by atoms with Gasteiger partial charge in [-0.3, -0.25) is 10.2 Å². The van der Waals surface area contributed by atoms with Crippen LogP contribution in [-0.2, 0) is 9.53 Å². The Morgan fingerprint density at radius 2 is 2.11 bits per heavy atom. The first-order valence-corrected chi connectivity index (χ1v) is 6.00. The van der Waals surface area contributed by atoms with E-state index in [1.165, 1.54) is 7.11 Å². The van der Waals surface area contributed by atoms with Gasteiger partial charge in [0.25, 0.3) is 5.91 Å². The lowest BCUT2D eigenvalue weighted by Crippen LogP contribution is -2.45. The molecule has 0 saturated carbocycles. The monoisotopic (exact) mass is 335 g/mol. The molecule has 0 aliphatic heterocycles. The molecule has 98 valence electrons. The van der Waals surface area contributed by atoms with E-state index in [0.29, 0.717) is 10.7 Å². The summed E-state index contributed by atoms with van der Waals surface area (Å²) in [6, 6.07) is 4.39. The van der Waals surface area contributed by atoms with Gasteiger partial charge in [-0.15, -0.1) is 0 Å². The van der Waals surface area contributed by atoms with Gasteiger partial charge in [0.2, 0.25) is 0 Å². The predicted octanol–water partition coefficient (Wildman–Crippen LogP) is 1.90.